The maximum Gasteiger partial charge on any atom is 0.434 e. The average Bonchev–Trinajstić information content (AvgIpc) is 4.03. The van der Waals surface area contributed by atoms with E-state index in [1.54, 1.807) is 67.3 Å². The smallest absolute Gasteiger partial charge is 0.434 e. The van der Waals surface area contributed by atoms with Gasteiger partial charge in [0.05, 0.1) is 53.8 Å². The van der Waals surface area contributed by atoms with Gasteiger partial charge in [-0.15, -0.1) is 0 Å². The van der Waals surface area contributed by atoms with Crippen molar-refractivity contribution in [3.63, 3.8) is 0 Å². The summed E-state index contributed by atoms with van der Waals surface area (Å²) in [6, 6.07) is 19.1. The molecule has 0 saturated heterocycles. The maximum absolute atomic E-state index is 16.9. The molecule has 7 aromatic rings. The van der Waals surface area contributed by atoms with Crippen molar-refractivity contribution in [2.24, 2.45) is 0 Å². The molecule has 3 aromatic carbocycles. The van der Waals surface area contributed by atoms with Crippen LogP contribution in [0.3, 0.4) is 0 Å². The Morgan fingerprint density at radius 2 is 1.73 bits per heavy atom. The number of nitrogens with zero attached hydrogens (tertiary/aromatic N) is 7. The fourth-order valence-corrected chi connectivity index (χ4v) is 7.41. The van der Waals surface area contributed by atoms with Gasteiger partial charge in [-0.25, -0.2) is 28.8 Å². The minimum atomic E-state index is -4.62. The zero-order valence-corrected chi connectivity index (χ0v) is 34.8. The van der Waals surface area contributed by atoms with Crippen LogP contribution in [0.15, 0.2) is 96.3 Å². The first-order chi connectivity index (χ1) is 30.8. The first-order valence-corrected chi connectivity index (χ1v) is 20.3. The highest BCUT2D eigenvalue weighted by Gasteiger charge is 2.36. The van der Waals surface area contributed by atoms with Crippen molar-refractivity contribution in [3.05, 3.63) is 147 Å². The summed E-state index contributed by atoms with van der Waals surface area (Å²) >= 11 is 0. The quantitative estimate of drug-likeness (QED) is 0.0862. The Balaban J connectivity index is 1.04. The Kier molecular flexibility index (Phi) is 12.2. The molecule has 4 heterocycles. The van der Waals surface area contributed by atoms with Crippen LogP contribution in [0.2, 0.25) is 0 Å². The fraction of sp³-hybridized carbons (Fsp3) is 0.255. The number of ether oxygens (including phenoxy) is 1. The summed E-state index contributed by atoms with van der Waals surface area (Å²) < 4.78 is 79.8. The number of nitrogens with one attached hydrogen (secondary N) is 2. The van der Waals surface area contributed by atoms with Gasteiger partial charge in [0.15, 0.2) is 11.5 Å². The Hall–Kier alpha value is -7.48. The molecule has 64 heavy (non-hydrogen) atoms. The van der Waals surface area contributed by atoms with E-state index in [1.165, 1.54) is 48.5 Å². The number of alkyl halides is 3. The Labute approximate surface area is 363 Å². The summed E-state index contributed by atoms with van der Waals surface area (Å²) in [7, 11) is 1.44. The van der Waals surface area contributed by atoms with Crippen molar-refractivity contribution in [2.75, 3.05) is 25.1 Å². The number of carbonyl (C=O) groups excluding carboxylic acids is 1. The normalized spacial score (nSPS) is 12.6. The van der Waals surface area contributed by atoms with E-state index in [1.807, 2.05) is 0 Å². The van der Waals surface area contributed by atoms with Gasteiger partial charge in [-0.3, -0.25) is 14.6 Å². The summed E-state index contributed by atoms with van der Waals surface area (Å²) in [5, 5.41) is 10.4. The molecule has 17 heteroatoms. The van der Waals surface area contributed by atoms with Crippen molar-refractivity contribution in [2.45, 2.75) is 57.8 Å². The first-order valence-electron chi connectivity index (χ1n) is 20.3. The molecule has 4 aromatic heterocycles. The van der Waals surface area contributed by atoms with Gasteiger partial charge in [-0.05, 0) is 62.1 Å². The van der Waals surface area contributed by atoms with Crippen molar-refractivity contribution >= 4 is 22.4 Å². The van der Waals surface area contributed by atoms with Gasteiger partial charge >= 0.3 is 6.18 Å². The molecular formula is C47H40F5N9O3. The van der Waals surface area contributed by atoms with Crippen LogP contribution in [0, 0.1) is 23.5 Å². The molecule has 0 atom stereocenters. The van der Waals surface area contributed by atoms with E-state index in [2.05, 4.69) is 47.3 Å². The number of halogens is 5. The monoisotopic (exact) mass is 873 g/mol. The number of anilines is 1. The molecule has 8 rings (SSSR count). The van der Waals surface area contributed by atoms with Crippen LogP contribution in [-0.2, 0) is 19.1 Å². The van der Waals surface area contributed by atoms with E-state index in [0.717, 1.165) is 19.0 Å². The van der Waals surface area contributed by atoms with Gasteiger partial charge in [0, 0.05) is 48.3 Å². The number of aromatic amines is 1. The van der Waals surface area contributed by atoms with E-state index < -0.39 is 29.4 Å². The molecule has 1 fully saturated rings. The molecular weight excluding hydrogens is 834 g/mol. The van der Waals surface area contributed by atoms with Crippen LogP contribution >= 0.6 is 0 Å². The zero-order chi connectivity index (χ0) is 45.1. The predicted octanol–water partition coefficient (Wildman–Crippen LogP) is 8.43. The number of aromatic nitrogens is 7. The number of H-pyrrole nitrogens is 1. The summed E-state index contributed by atoms with van der Waals surface area (Å²) in [5.41, 5.74) is 1.84. The first kappa shape index (κ1) is 43.2. The van der Waals surface area contributed by atoms with Crippen molar-refractivity contribution < 1.29 is 31.5 Å². The zero-order valence-electron chi connectivity index (χ0n) is 34.8. The summed E-state index contributed by atoms with van der Waals surface area (Å²) in [6.07, 6.45) is 1.18. The van der Waals surface area contributed by atoms with Crippen LogP contribution in [0.5, 0.6) is 5.88 Å². The molecule has 0 radical (unpaired) electrons. The molecule has 326 valence electrons. The number of fused-ring (bicyclic) bond motifs is 1. The number of imidazole rings is 1. The lowest BCUT2D eigenvalue weighted by atomic mass is 10.0. The highest BCUT2D eigenvalue weighted by Crippen LogP contribution is 2.46. The van der Waals surface area contributed by atoms with Crippen molar-refractivity contribution in [1.29, 1.82) is 0 Å². The number of rotatable bonds is 13. The van der Waals surface area contributed by atoms with Crippen LogP contribution in [-0.4, -0.2) is 60.8 Å². The van der Waals surface area contributed by atoms with Crippen LogP contribution in [0.25, 0.3) is 33.4 Å². The van der Waals surface area contributed by atoms with E-state index in [0.29, 0.717) is 44.4 Å². The number of amides is 1. The van der Waals surface area contributed by atoms with Gasteiger partial charge in [-0.1, -0.05) is 60.4 Å². The lowest BCUT2D eigenvalue weighted by Gasteiger charge is -2.24. The predicted molar refractivity (Wildman–Crippen MR) is 230 cm³/mol. The molecule has 1 aliphatic carbocycles. The largest absolute Gasteiger partial charge is 0.480 e. The third-order valence-electron chi connectivity index (χ3n) is 10.8. The second-order valence-corrected chi connectivity index (χ2v) is 15.5. The SMILES string of the molecule is COc1ncnc(C2CC2)c1-c1nccc(N(CC#CCNC(=O)c2cc(Cc3n[nH]c(=O)c4ccccc34)ccc2F)Cc2ccc(-c3nc(C(F)(F)F)cn3C(C)C)cc2)c1F. The van der Waals surface area contributed by atoms with E-state index in [-0.39, 0.29) is 72.2 Å². The summed E-state index contributed by atoms with van der Waals surface area (Å²) in [6.45, 7) is 3.41. The second kappa shape index (κ2) is 18.1. The van der Waals surface area contributed by atoms with Crippen molar-refractivity contribution in [3.8, 4) is 40.4 Å². The molecule has 2 N–H and O–H groups in total. The molecule has 1 saturated carbocycles. The van der Waals surface area contributed by atoms with Crippen LogP contribution < -0.4 is 20.5 Å². The molecule has 0 spiro atoms. The molecule has 1 aliphatic rings. The van der Waals surface area contributed by atoms with Gasteiger partial charge in [-0.2, -0.15) is 18.3 Å². The van der Waals surface area contributed by atoms with Gasteiger partial charge in [0.1, 0.15) is 23.7 Å². The minimum absolute atomic E-state index is 0.00723. The fourth-order valence-electron chi connectivity index (χ4n) is 7.41. The third-order valence-corrected chi connectivity index (χ3v) is 10.8. The molecule has 0 bridgehead atoms. The summed E-state index contributed by atoms with van der Waals surface area (Å²) in [5.74, 6) is 4.17. The van der Waals surface area contributed by atoms with Gasteiger partial charge < -0.3 is 19.5 Å². The number of hydrogen-bond donors (Lipinski definition) is 2. The van der Waals surface area contributed by atoms with E-state index in [4.69, 9.17) is 4.74 Å². The Morgan fingerprint density at radius 1 is 0.984 bits per heavy atom. The van der Waals surface area contributed by atoms with E-state index in [9.17, 15) is 22.8 Å². The van der Waals surface area contributed by atoms with Gasteiger partial charge in [0.2, 0.25) is 5.88 Å². The van der Waals surface area contributed by atoms with Crippen LogP contribution in [0.4, 0.5) is 27.6 Å². The number of benzene rings is 3. The lowest BCUT2D eigenvalue weighted by Crippen LogP contribution is -2.26. The molecule has 0 unspecified atom stereocenters. The highest BCUT2D eigenvalue weighted by molar-refractivity contribution is 5.95. The molecule has 0 aliphatic heterocycles. The topological polar surface area (TPSA) is 144 Å². The standard InChI is InChI=1S/C47H40F5N9O3/c1-27(2)61-25-38(47(50,51)52)57-43(61)31-13-10-28(11-14-31)24-60(37-18-20-53-42(40(37)49)39-41(30-15-16-30)55-26-56-46(39)64-3)21-7-6-19-54-44(62)34-22-29(12-17-35(34)48)23-36-32-8-4-5-9-33(32)45(63)59-58-36/h4-5,8-14,17-18,20,22,25-27,30H,15-16,19,21,23-24H2,1-3H3,(H,54,62)(H,59,63). The summed E-state index contributed by atoms with van der Waals surface area (Å²) in [4.78, 5) is 44.1. The molecule has 1 amide bonds. The number of pyridine rings is 1. The maximum atomic E-state index is 16.9. The minimum Gasteiger partial charge on any atom is -0.480 e. The highest BCUT2D eigenvalue weighted by atomic mass is 19.4. The second-order valence-electron chi connectivity index (χ2n) is 15.5. The third kappa shape index (κ3) is 9.17. The Morgan fingerprint density at radius 3 is 2.45 bits per heavy atom. The number of hydrogen-bond acceptors (Lipinski definition) is 9. The average molecular weight is 874 g/mol. The van der Waals surface area contributed by atoms with Crippen LogP contribution in [0.1, 0.15) is 77.2 Å². The number of methoxy groups -OCH3 is 1. The lowest BCUT2D eigenvalue weighted by molar-refractivity contribution is -0.140. The van der Waals surface area contributed by atoms with Crippen molar-refractivity contribution in [1.82, 2.24) is 40.0 Å². The van der Waals surface area contributed by atoms with Gasteiger partial charge in [0.25, 0.3) is 11.5 Å². The van der Waals surface area contributed by atoms with E-state index >= 15 is 8.78 Å². The molecule has 12 nitrogen and oxygen atoms in total. The number of carbonyl (C=O) groups is 1. The Bertz CT molecular complexity index is 2990.